The molecule has 0 aliphatic heterocycles. The van der Waals surface area contributed by atoms with Crippen LogP contribution in [0, 0.1) is 11.8 Å². The lowest BCUT2D eigenvalue weighted by Crippen LogP contribution is -2.59. The molecule has 0 heterocycles. The second-order valence-corrected chi connectivity index (χ2v) is 14.8. The molecule has 0 aliphatic carbocycles. The molecule has 0 saturated heterocycles. The molecular formula is C36H70N10O8. The van der Waals surface area contributed by atoms with E-state index in [0.29, 0.717) is 64.6 Å². The molecule has 0 bridgehead atoms. The van der Waals surface area contributed by atoms with Crippen LogP contribution in [0.25, 0.3) is 0 Å². The smallest absolute Gasteiger partial charge is 0.325 e. The van der Waals surface area contributed by atoms with Crippen molar-refractivity contribution in [2.24, 2.45) is 34.8 Å². The van der Waals surface area contributed by atoms with Crippen molar-refractivity contribution in [3.63, 3.8) is 0 Å². The van der Waals surface area contributed by atoms with E-state index in [1.807, 2.05) is 27.7 Å². The molecule has 312 valence electrons. The van der Waals surface area contributed by atoms with Crippen LogP contribution in [0.2, 0.25) is 0 Å². The van der Waals surface area contributed by atoms with Gasteiger partial charge in [0.25, 0.3) is 0 Å². The number of nitrogens with one attached hydrogen (secondary N) is 6. The Balaban J connectivity index is 5.99. The van der Waals surface area contributed by atoms with Gasteiger partial charge in [-0.25, -0.2) is 0 Å². The van der Waals surface area contributed by atoms with Crippen LogP contribution in [0.4, 0.5) is 0 Å². The first kappa shape index (κ1) is 50.1. The van der Waals surface area contributed by atoms with Crippen molar-refractivity contribution in [1.29, 1.82) is 0 Å². The van der Waals surface area contributed by atoms with Gasteiger partial charge < -0.3 is 59.9 Å². The van der Waals surface area contributed by atoms with Crippen molar-refractivity contribution in [3.8, 4) is 0 Å². The second kappa shape index (κ2) is 27.7. The van der Waals surface area contributed by atoms with Crippen LogP contribution in [0.3, 0.4) is 0 Å². The molecule has 18 nitrogen and oxygen atoms in total. The van der Waals surface area contributed by atoms with Crippen molar-refractivity contribution in [3.05, 3.63) is 0 Å². The number of aliphatic carboxylic acids is 1. The molecule has 0 aliphatic rings. The first-order valence-electron chi connectivity index (χ1n) is 19.3. The molecule has 0 spiro atoms. The Hall–Kier alpha value is -3.87. The van der Waals surface area contributed by atoms with Crippen molar-refractivity contribution in [2.75, 3.05) is 19.6 Å². The van der Waals surface area contributed by atoms with E-state index in [9.17, 15) is 38.7 Å². The maximum atomic E-state index is 13.7. The number of carboxylic acids is 1. The second-order valence-electron chi connectivity index (χ2n) is 14.8. The summed E-state index contributed by atoms with van der Waals surface area (Å²) in [4.78, 5) is 91.1. The van der Waals surface area contributed by atoms with E-state index in [2.05, 4.69) is 31.9 Å². The molecule has 6 amide bonds. The number of carboxylic acid groups (broad SMARTS) is 1. The zero-order valence-electron chi connectivity index (χ0n) is 33.2. The molecule has 0 aromatic carbocycles. The van der Waals surface area contributed by atoms with Gasteiger partial charge in [-0.15, -0.1) is 0 Å². The average molecular weight is 771 g/mol. The summed E-state index contributed by atoms with van der Waals surface area (Å²) in [7, 11) is 0. The third-order valence-corrected chi connectivity index (χ3v) is 8.63. The zero-order valence-corrected chi connectivity index (χ0v) is 33.2. The Morgan fingerprint density at radius 2 is 0.778 bits per heavy atom. The Kier molecular flexibility index (Phi) is 25.7. The number of nitrogens with two attached hydrogens (primary N) is 4. The lowest BCUT2D eigenvalue weighted by Gasteiger charge is -2.27. The molecular weight excluding hydrogens is 700 g/mol. The van der Waals surface area contributed by atoms with Crippen LogP contribution in [-0.2, 0) is 33.6 Å². The monoisotopic (exact) mass is 771 g/mol. The first-order valence-corrected chi connectivity index (χ1v) is 19.3. The topological polar surface area (TPSA) is 316 Å². The minimum Gasteiger partial charge on any atom is -0.480 e. The molecule has 0 rings (SSSR count). The van der Waals surface area contributed by atoms with Crippen molar-refractivity contribution >= 4 is 41.4 Å². The summed E-state index contributed by atoms with van der Waals surface area (Å²) in [6.45, 7) is 11.4. The number of rotatable bonds is 29. The fourth-order valence-corrected chi connectivity index (χ4v) is 5.44. The summed E-state index contributed by atoms with van der Waals surface area (Å²) in [6, 6.07) is -7.39. The molecule has 18 heteroatoms. The van der Waals surface area contributed by atoms with Crippen molar-refractivity contribution in [2.45, 2.75) is 154 Å². The SMILES string of the molecule is CC(C)C[C@H](NC(=O)[C@H](CCCCN)NC(=O)[C@H](CCCCN)NC(=O)[C@H](C)NC(=O)[C@H](CC(C)C)NC(=O)[C@@H](N)CCCCN)C(=O)N[C@@H](C)C(=O)O. The third kappa shape index (κ3) is 21.1. The van der Waals surface area contributed by atoms with Gasteiger partial charge in [-0.1, -0.05) is 34.1 Å². The maximum absolute atomic E-state index is 13.7. The zero-order chi connectivity index (χ0) is 41.4. The van der Waals surface area contributed by atoms with Gasteiger partial charge in [-0.3, -0.25) is 33.6 Å². The summed E-state index contributed by atoms with van der Waals surface area (Å²) in [5.41, 5.74) is 22.9. The van der Waals surface area contributed by atoms with E-state index in [1.54, 1.807) is 0 Å². The van der Waals surface area contributed by atoms with E-state index in [0.717, 1.165) is 0 Å². The van der Waals surface area contributed by atoms with Gasteiger partial charge in [0.15, 0.2) is 0 Å². The van der Waals surface area contributed by atoms with Crippen LogP contribution < -0.4 is 54.8 Å². The number of carbonyl (C=O) groups is 7. The fourth-order valence-electron chi connectivity index (χ4n) is 5.44. The molecule has 15 N–H and O–H groups in total. The molecule has 54 heavy (non-hydrogen) atoms. The Labute approximate surface area is 320 Å². The summed E-state index contributed by atoms with van der Waals surface area (Å²) in [5.74, 6) is -5.01. The molecule has 0 radical (unpaired) electrons. The van der Waals surface area contributed by atoms with E-state index in [4.69, 9.17) is 22.9 Å². The standard InChI is InChI=1S/C36H70N10O8/c1-21(2)19-28(45-31(48)25(40)13-7-10-16-37)34(51)41-23(5)30(47)43-26(14-8-11-17-38)32(49)44-27(15-9-12-18-39)33(50)46-29(20-22(3)4)35(52)42-24(6)36(53)54/h21-29H,7-20,37-40H2,1-6H3,(H,41,51)(H,42,52)(H,43,47)(H,44,49)(H,45,48)(H,46,50)(H,53,54)/t23-,24-,25-,26-,27-,28-,29-/m0/s1. The van der Waals surface area contributed by atoms with Crippen LogP contribution in [0.15, 0.2) is 0 Å². The number of carbonyl (C=O) groups excluding carboxylic acids is 6. The number of amides is 6. The fraction of sp³-hybridized carbons (Fsp3) is 0.806. The predicted molar refractivity (Wildman–Crippen MR) is 206 cm³/mol. The van der Waals surface area contributed by atoms with E-state index in [1.165, 1.54) is 13.8 Å². The van der Waals surface area contributed by atoms with Gasteiger partial charge in [-0.05, 0) is 110 Å². The molecule has 7 atom stereocenters. The van der Waals surface area contributed by atoms with Gasteiger partial charge in [-0.2, -0.15) is 0 Å². The summed E-state index contributed by atoms with van der Waals surface area (Å²) in [5, 5.41) is 25.0. The number of hydrogen-bond donors (Lipinski definition) is 11. The van der Waals surface area contributed by atoms with Gasteiger partial charge in [0.05, 0.1) is 6.04 Å². The van der Waals surface area contributed by atoms with E-state index >= 15 is 0 Å². The summed E-state index contributed by atoms with van der Waals surface area (Å²) >= 11 is 0. The highest BCUT2D eigenvalue weighted by Gasteiger charge is 2.32. The van der Waals surface area contributed by atoms with Crippen molar-refractivity contribution in [1.82, 2.24) is 31.9 Å². The summed E-state index contributed by atoms with van der Waals surface area (Å²) in [6.07, 6.45) is 4.65. The third-order valence-electron chi connectivity index (χ3n) is 8.63. The van der Waals surface area contributed by atoms with Crippen LogP contribution in [0.5, 0.6) is 0 Å². The van der Waals surface area contributed by atoms with Crippen LogP contribution in [-0.4, -0.2) is 108 Å². The van der Waals surface area contributed by atoms with Crippen LogP contribution >= 0.6 is 0 Å². The minimum atomic E-state index is -1.24. The van der Waals surface area contributed by atoms with Crippen LogP contribution in [0.1, 0.15) is 112 Å². The lowest BCUT2D eigenvalue weighted by molar-refractivity contribution is -0.142. The Morgan fingerprint density at radius 3 is 1.17 bits per heavy atom. The highest BCUT2D eigenvalue weighted by Crippen LogP contribution is 2.11. The number of unbranched alkanes of at least 4 members (excludes halogenated alkanes) is 3. The molecule has 0 aromatic heterocycles. The van der Waals surface area contributed by atoms with Gasteiger partial charge >= 0.3 is 5.97 Å². The van der Waals surface area contributed by atoms with E-state index < -0.39 is 83.7 Å². The highest BCUT2D eigenvalue weighted by atomic mass is 16.4. The van der Waals surface area contributed by atoms with Crippen molar-refractivity contribution < 1.29 is 38.7 Å². The molecule has 0 fully saturated rings. The van der Waals surface area contributed by atoms with E-state index in [-0.39, 0.29) is 37.5 Å². The quantitative estimate of drug-likeness (QED) is 0.0401. The van der Waals surface area contributed by atoms with Gasteiger partial charge in [0, 0.05) is 0 Å². The average Bonchev–Trinajstić information content (AvgIpc) is 3.09. The van der Waals surface area contributed by atoms with Gasteiger partial charge in [0.2, 0.25) is 35.4 Å². The Morgan fingerprint density at radius 1 is 0.444 bits per heavy atom. The molecule has 0 aromatic rings. The largest absolute Gasteiger partial charge is 0.480 e. The Bertz CT molecular complexity index is 1190. The number of hydrogen-bond acceptors (Lipinski definition) is 11. The first-order chi connectivity index (χ1) is 25.4. The summed E-state index contributed by atoms with van der Waals surface area (Å²) < 4.78 is 0. The van der Waals surface area contributed by atoms with Gasteiger partial charge in [0.1, 0.15) is 36.3 Å². The minimum absolute atomic E-state index is 0.0209. The molecule has 0 saturated carbocycles. The normalized spacial score (nSPS) is 15.2. The molecule has 0 unspecified atom stereocenters. The maximum Gasteiger partial charge on any atom is 0.325 e. The lowest BCUT2D eigenvalue weighted by atomic mass is 10.0. The predicted octanol–water partition coefficient (Wildman–Crippen LogP) is -1.17. The highest BCUT2D eigenvalue weighted by molar-refractivity contribution is 5.96.